The Balaban J connectivity index is 1.89. The van der Waals surface area contributed by atoms with Crippen molar-refractivity contribution in [2.75, 3.05) is 12.4 Å². The molecule has 0 aliphatic carbocycles. The summed E-state index contributed by atoms with van der Waals surface area (Å²) in [7, 11) is 1.44. The van der Waals surface area contributed by atoms with Crippen molar-refractivity contribution in [3.05, 3.63) is 94.3 Å². The lowest BCUT2D eigenvalue weighted by Gasteiger charge is -2.16. The number of ether oxygens (including phenoxy) is 1. The van der Waals surface area contributed by atoms with Crippen molar-refractivity contribution in [1.29, 1.82) is 5.26 Å². The lowest BCUT2D eigenvalue weighted by atomic mass is 9.99. The summed E-state index contributed by atoms with van der Waals surface area (Å²) in [4.78, 5) is 20.9. The van der Waals surface area contributed by atoms with E-state index in [2.05, 4.69) is 15.3 Å². The lowest BCUT2D eigenvalue weighted by Crippen LogP contribution is -2.16. The number of pyridine rings is 1. The molecule has 0 fully saturated rings. The molecule has 2 aromatic carbocycles. The molecule has 3 rings (SSSR count). The van der Waals surface area contributed by atoms with Crippen molar-refractivity contribution in [3.63, 3.8) is 0 Å². The van der Waals surface area contributed by atoms with E-state index in [1.807, 2.05) is 24.3 Å². The number of carbonyl (C=O) groups is 1. The van der Waals surface area contributed by atoms with E-state index in [0.717, 1.165) is 11.1 Å². The number of aromatic nitrogens is 1. The number of hydrogen-bond donors (Lipinski definition) is 2. The highest BCUT2D eigenvalue weighted by atomic mass is 35.5. The predicted octanol–water partition coefficient (Wildman–Crippen LogP) is 3.91. The molecule has 1 heterocycles. The van der Waals surface area contributed by atoms with Crippen molar-refractivity contribution in [2.45, 2.75) is 6.04 Å². The van der Waals surface area contributed by atoms with Crippen LogP contribution in [0.4, 0.5) is 5.69 Å². The highest BCUT2D eigenvalue weighted by molar-refractivity contribution is 6.30. The summed E-state index contributed by atoms with van der Waals surface area (Å²) < 4.78 is 5.02. The van der Waals surface area contributed by atoms with Gasteiger partial charge >= 0.3 is 0 Å². The third-order valence-corrected chi connectivity index (χ3v) is 4.49. The monoisotopic (exact) mass is 419 g/mol. The lowest BCUT2D eigenvalue weighted by molar-refractivity contribution is 0.102. The Hall–Kier alpha value is -3.89. The molecule has 0 spiro atoms. The summed E-state index contributed by atoms with van der Waals surface area (Å²) in [5.41, 5.74) is 8.60. The average Bonchev–Trinajstić information content (AvgIpc) is 2.78. The van der Waals surface area contributed by atoms with Crippen LogP contribution in [0.2, 0.25) is 5.02 Å². The molecule has 8 heteroatoms. The number of nitrogens with one attached hydrogen (secondary N) is 1. The number of benzene rings is 2. The van der Waals surface area contributed by atoms with E-state index in [1.165, 1.54) is 25.4 Å². The number of nitriles is 1. The number of halogens is 1. The van der Waals surface area contributed by atoms with Crippen molar-refractivity contribution >= 4 is 29.2 Å². The van der Waals surface area contributed by atoms with Crippen LogP contribution in [0.15, 0.2) is 71.9 Å². The van der Waals surface area contributed by atoms with Crippen LogP contribution in [0, 0.1) is 11.3 Å². The standard InChI is InChI=1S/C22H18ClN5O2/c1-30-22(25)28-20(15-6-8-17(23)9-7-15)16-3-2-4-18(11-16)27-21(29)19-10-5-14(12-24)13-26-19/h2-11,13,20H,1H3,(H2,25,28)(H,27,29). The maximum atomic E-state index is 12.5. The molecule has 3 aromatic rings. The van der Waals surface area contributed by atoms with Gasteiger partial charge in [0.2, 0.25) is 0 Å². The first-order valence-corrected chi connectivity index (χ1v) is 9.28. The minimum atomic E-state index is -0.452. The Kier molecular flexibility index (Phi) is 6.63. The minimum Gasteiger partial charge on any atom is -0.469 e. The Bertz CT molecular complexity index is 1110. The summed E-state index contributed by atoms with van der Waals surface area (Å²) in [5, 5.41) is 12.3. The van der Waals surface area contributed by atoms with Crippen molar-refractivity contribution in [2.24, 2.45) is 10.7 Å². The molecule has 0 saturated heterocycles. The summed E-state index contributed by atoms with van der Waals surface area (Å²) in [6.07, 6.45) is 1.35. The Morgan fingerprint density at radius 1 is 1.20 bits per heavy atom. The summed E-state index contributed by atoms with van der Waals surface area (Å²) in [5.74, 6) is -0.389. The minimum absolute atomic E-state index is 0.0335. The second-order valence-corrected chi connectivity index (χ2v) is 6.69. The van der Waals surface area contributed by atoms with Crippen LogP contribution < -0.4 is 11.1 Å². The van der Waals surface area contributed by atoms with Gasteiger partial charge in [-0.1, -0.05) is 35.9 Å². The average molecular weight is 420 g/mol. The number of aliphatic imine (C=N–C) groups is 1. The molecule has 0 aliphatic rings. The van der Waals surface area contributed by atoms with Gasteiger partial charge in [-0.2, -0.15) is 5.26 Å². The first-order chi connectivity index (χ1) is 14.5. The first-order valence-electron chi connectivity index (χ1n) is 8.90. The Labute approximate surface area is 178 Å². The Morgan fingerprint density at radius 3 is 2.60 bits per heavy atom. The van der Waals surface area contributed by atoms with Gasteiger partial charge in [-0.3, -0.25) is 4.79 Å². The number of amidine groups is 1. The van der Waals surface area contributed by atoms with Crippen molar-refractivity contribution in [3.8, 4) is 6.07 Å². The molecule has 1 atom stereocenters. The number of hydrogen-bond acceptors (Lipinski definition) is 5. The zero-order valence-electron chi connectivity index (χ0n) is 16.0. The van der Waals surface area contributed by atoms with E-state index < -0.39 is 6.04 Å². The van der Waals surface area contributed by atoms with E-state index in [4.69, 9.17) is 27.3 Å². The molecule has 3 N–H and O–H groups in total. The highest BCUT2D eigenvalue weighted by Gasteiger charge is 2.16. The number of nitrogens with two attached hydrogens (primary N) is 1. The van der Waals surface area contributed by atoms with Crippen molar-refractivity contribution < 1.29 is 9.53 Å². The number of nitrogens with zero attached hydrogens (tertiary/aromatic N) is 3. The second kappa shape index (κ2) is 9.54. The number of methoxy groups -OCH3 is 1. The summed E-state index contributed by atoms with van der Waals surface area (Å²) >= 11 is 6.00. The number of amides is 1. The molecule has 0 bridgehead atoms. The largest absolute Gasteiger partial charge is 0.469 e. The molecule has 150 valence electrons. The summed E-state index contributed by atoms with van der Waals surface area (Å²) in [6, 6.07) is 19.1. The van der Waals surface area contributed by atoms with E-state index in [0.29, 0.717) is 16.3 Å². The van der Waals surface area contributed by atoms with Crippen LogP contribution in [0.3, 0.4) is 0 Å². The van der Waals surface area contributed by atoms with E-state index in [-0.39, 0.29) is 17.6 Å². The predicted molar refractivity (Wildman–Crippen MR) is 115 cm³/mol. The van der Waals surface area contributed by atoms with Crippen LogP contribution in [-0.2, 0) is 4.74 Å². The third kappa shape index (κ3) is 5.13. The molecular weight excluding hydrogens is 402 g/mol. The maximum absolute atomic E-state index is 12.5. The Morgan fingerprint density at radius 2 is 1.97 bits per heavy atom. The van der Waals surface area contributed by atoms with Gasteiger partial charge in [-0.25, -0.2) is 9.98 Å². The van der Waals surface area contributed by atoms with E-state index in [9.17, 15) is 4.79 Å². The maximum Gasteiger partial charge on any atom is 0.282 e. The second-order valence-electron chi connectivity index (χ2n) is 6.25. The van der Waals surface area contributed by atoms with Gasteiger partial charge in [-0.05, 0) is 47.5 Å². The quantitative estimate of drug-likeness (QED) is 0.480. The zero-order chi connectivity index (χ0) is 21.5. The number of anilines is 1. The molecule has 1 aromatic heterocycles. The fourth-order valence-electron chi connectivity index (χ4n) is 2.74. The normalized spacial score (nSPS) is 12.0. The van der Waals surface area contributed by atoms with Gasteiger partial charge in [-0.15, -0.1) is 0 Å². The fraction of sp³-hybridized carbons (Fsp3) is 0.0909. The van der Waals surface area contributed by atoms with Crippen LogP contribution >= 0.6 is 11.6 Å². The van der Waals surface area contributed by atoms with Crippen LogP contribution in [0.25, 0.3) is 0 Å². The molecule has 1 unspecified atom stereocenters. The van der Waals surface area contributed by atoms with E-state index >= 15 is 0 Å². The molecule has 30 heavy (non-hydrogen) atoms. The van der Waals surface area contributed by atoms with Crippen LogP contribution in [-0.4, -0.2) is 24.0 Å². The number of rotatable bonds is 5. The zero-order valence-corrected chi connectivity index (χ0v) is 16.8. The third-order valence-electron chi connectivity index (χ3n) is 4.24. The molecule has 0 radical (unpaired) electrons. The van der Waals surface area contributed by atoms with Gasteiger partial charge in [0.25, 0.3) is 11.9 Å². The SMILES string of the molecule is CO/C(N)=N\C(c1ccc(Cl)cc1)c1cccc(NC(=O)c2ccc(C#N)cn2)c1. The molecule has 0 aliphatic heterocycles. The first kappa shape index (κ1) is 20.8. The highest BCUT2D eigenvalue weighted by Crippen LogP contribution is 2.29. The van der Waals surface area contributed by atoms with Gasteiger partial charge in [0.1, 0.15) is 17.8 Å². The van der Waals surface area contributed by atoms with Crippen LogP contribution in [0.1, 0.15) is 33.2 Å². The van der Waals surface area contributed by atoms with Gasteiger partial charge in [0.05, 0.1) is 12.7 Å². The molecule has 0 saturated carbocycles. The summed E-state index contributed by atoms with van der Waals surface area (Å²) in [6.45, 7) is 0. The molecular formula is C22H18ClN5O2. The molecule has 7 nitrogen and oxygen atoms in total. The number of carbonyl (C=O) groups excluding carboxylic acids is 1. The topological polar surface area (TPSA) is 113 Å². The smallest absolute Gasteiger partial charge is 0.282 e. The van der Waals surface area contributed by atoms with Crippen molar-refractivity contribution in [1.82, 2.24) is 4.98 Å². The van der Waals surface area contributed by atoms with Crippen LogP contribution in [0.5, 0.6) is 0 Å². The van der Waals surface area contributed by atoms with Gasteiger partial charge in [0.15, 0.2) is 0 Å². The van der Waals surface area contributed by atoms with Gasteiger partial charge in [0, 0.05) is 16.9 Å². The van der Waals surface area contributed by atoms with E-state index in [1.54, 1.807) is 30.3 Å². The molecule has 1 amide bonds. The fourth-order valence-corrected chi connectivity index (χ4v) is 2.87. The van der Waals surface area contributed by atoms with Gasteiger partial charge < -0.3 is 15.8 Å².